The van der Waals surface area contributed by atoms with Gasteiger partial charge in [-0.15, -0.1) is 0 Å². The van der Waals surface area contributed by atoms with E-state index in [0.29, 0.717) is 29.7 Å². The van der Waals surface area contributed by atoms with E-state index in [4.69, 9.17) is 31.9 Å². The number of aliphatic hydroxyl groups excluding tert-OH is 1. The third-order valence-corrected chi connectivity index (χ3v) is 3.14. The standard InChI is InChI=1S/C12H16ClNO3/c1-7-8(10(14)6-15)5-9(13)12-11(7)16-3-2-4-17-12/h5,10,15H,2-4,6,14H2,1H3. The highest BCUT2D eigenvalue weighted by Gasteiger charge is 2.21. The highest BCUT2D eigenvalue weighted by molar-refractivity contribution is 6.32. The quantitative estimate of drug-likeness (QED) is 0.848. The van der Waals surface area contributed by atoms with Crippen LogP contribution in [0.5, 0.6) is 11.5 Å². The second kappa shape index (κ2) is 5.12. The van der Waals surface area contributed by atoms with Crippen molar-refractivity contribution in [1.82, 2.24) is 0 Å². The van der Waals surface area contributed by atoms with Gasteiger partial charge >= 0.3 is 0 Å². The van der Waals surface area contributed by atoms with E-state index in [1.165, 1.54) is 0 Å². The molecule has 1 atom stereocenters. The van der Waals surface area contributed by atoms with Gasteiger partial charge in [-0.1, -0.05) is 11.6 Å². The van der Waals surface area contributed by atoms with E-state index in [9.17, 15) is 0 Å². The van der Waals surface area contributed by atoms with E-state index >= 15 is 0 Å². The van der Waals surface area contributed by atoms with E-state index < -0.39 is 6.04 Å². The summed E-state index contributed by atoms with van der Waals surface area (Å²) in [7, 11) is 0. The molecule has 0 aliphatic carbocycles. The number of hydrogen-bond acceptors (Lipinski definition) is 4. The molecule has 0 bridgehead atoms. The normalized spacial score (nSPS) is 16.5. The maximum Gasteiger partial charge on any atom is 0.180 e. The van der Waals surface area contributed by atoms with Crippen molar-refractivity contribution in [1.29, 1.82) is 0 Å². The Bertz CT molecular complexity index is 423. The van der Waals surface area contributed by atoms with E-state index in [1.54, 1.807) is 6.07 Å². The molecule has 1 heterocycles. The van der Waals surface area contributed by atoms with Crippen molar-refractivity contribution in [2.24, 2.45) is 5.73 Å². The Kier molecular flexibility index (Phi) is 3.76. The molecule has 2 rings (SSSR count). The van der Waals surface area contributed by atoms with Crippen molar-refractivity contribution in [3.63, 3.8) is 0 Å². The first-order valence-electron chi connectivity index (χ1n) is 5.60. The molecule has 0 amide bonds. The van der Waals surface area contributed by atoms with Gasteiger partial charge < -0.3 is 20.3 Å². The molecule has 3 N–H and O–H groups in total. The number of hydrogen-bond donors (Lipinski definition) is 2. The number of aliphatic hydroxyl groups is 1. The Morgan fingerprint density at radius 2 is 2.06 bits per heavy atom. The second-order valence-electron chi connectivity index (χ2n) is 4.07. The average molecular weight is 258 g/mol. The molecule has 0 spiro atoms. The predicted octanol–water partition coefficient (Wildman–Crippen LogP) is 1.80. The maximum absolute atomic E-state index is 9.12. The summed E-state index contributed by atoms with van der Waals surface area (Å²) in [5, 5.41) is 9.60. The Balaban J connectivity index is 2.52. The number of nitrogens with two attached hydrogens (primary N) is 1. The van der Waals surface area contributed by atoms with Gasteiger partial charge in [0.05, 0.1) is 30.9 Å². The average Bonchev–Trinajstić information content (AvgIpc) is 2.58. The van der Waals surface area contributed by atoms with Crippen molar-refractivity contribution in [2.75, 3.05) is 19.8 Å². The highest BCUT2D eigenvalue weighted by Crippen LogP contribution is 2.42. The van der Waals surface area contributed by atoms with E-state index in [1.807, 2.05) is 6.92 Å². The van der Waals surface area contributed by atoms with Crippen LogP contribution in [0.2, 0.25) is 5.02 Å². The largest absolute Gasteiger partial charge is 0.489 e. The van der Waals surface area contributed by atoms with Crippen LogP contribution in [0, 0.1) is 6.92 Å². The van der Waals surface area contributed by atoms with Crippen LogP contribution >= 0.6 is 11.6 Å². The second-order valence-corrected chi connectivity index (χ2v) is 4.48. The summed E-state index contributed by atoms with van der Waals surface area (Å²) in [5.74, 6) is 1.23. The lowest BCUT2D eigenvalue weighted by Crippen LogP contribution is -2.16. The Hall–Kier alpha value is -0.970. The minimum atomic E-state index is -0.454. The fourth-order valence-electron chi connectivity index (χ4n) is 1.92. The van der Waals surface area contributed by atoms with Gasteiger partial charge in [-0.25, -0.2) is 0 Å². The first-order chi connectivity index (χ1) is 8.15. The molecule has 94 valence electrons. The van der Waals surface area contributed by atoms with Gasteiger partial charge in [-0.3, -0.25) is 0 Å². The minimum absolute atomic E-state index is 0.128. The van der Waals surface area contributed by atoms with Crippen LogP contribution in [0.15, 0.2) is 6.07 Å². The molecule has 1 aliphatic rings. The highest BCUT2D eigenvalue weighted by atomic mass is 35.5. The van der Waals surface area contributed by atoms with Gasteiger partial charge in [0, 0.05) is 6.42 Å². The van der Waals surface area contributed by atoms with Crippen molar-refractivity contribution >= 4 is 11.6 Å². The van der Waals surface area contributed by atoms with Crippen LogP contribution in [0.3, 0.4) is 0 Å². The fourth-order valence-corrected chi connectivity index (χ4v) is 2.18. The molecule has 0 radical (unpaired) electrons. The van der Waals surface area contributed by atoms with Gasteiger partial charge in [-0.05, 0) is 24.1 Å². The van der Waals surface area contributed by atoms with Crippen LogP contribution in [0.4, 0.5) is 0 Å². The van der Waals surface area contributed by atoms with Crippen LogP contribution < -0.4 is 15.2 Å². The first-order valence-corrected chi connectivity index (χ1v) is 5.98. The van der Waals surface area contributed by atoms with Crippen molar-refractivity contribution in [3.05, 3.63) is 22.2 Å². The molecule has 0 aromatic heterocycles. The summed E-state index contributed by atoms with van der Waals surface area (Å²) in [6, 6.07) is 1.29. The molecular formula is C12H16ClNO3. The summed E-state index contributed by atoms with van der Waals surface area (Å²) in [4.78, 5) is 0. The molecular weight excluding hydrogens is 242 g/mol. The van der Waals surface area contributed by atoms with Crippen molar-refractivity contribution in [2.45, 2.75) is 19.4 Å². The minimum Gasteiger partial charge on any atom is -0.489 e. The zero-order valence-corrected chi connectivity index (χ0v) is 10.5. The molecule has 0 fully saturated rings. The summed E-state index contributed by atoms with van der Waals surface area (Å²) in [6.45, 7) is 2.96. The monoisotopic (exact) mass is 257 g/mol. The van der Waals surface area contributed by atoms with Gasteiger partial charge in [-0.2, -0.15) is 0 Å². The van der Waals surface area contributed by atoms with Crippen molar-refractivity contribution < 1.29 is 14.6 Å². The molecule has 1 aliphatic heterocycles. The van der Waals surface area contributed by atoms with Gasteiger partial charge in [0.25, 0.3) is 0 Å². The molecule has 4 nitrogen and oxygen atoms in total. The van der Waals surface area contributed by atoms with E-state index in [0.717, 1.165) is 17.5 Å². The van der Waals surface area contributed by atoms with Gasteiger partial charge in [0.1, 0.15) is 0 Å². The summed E-state index contributed by atoms with van der Waals surface area (Å²) >= 11 is 6.15. The first kappa shape index (κ1) is 12.5. The fraction of sp³-hybridized carbons (Fsp3) is 0.500. The summed E-state index contributed by atoms with van der Waals surface area (Å²) < 4.78 is 11.2. The third-order valence-electron chi connectivity index (χ3n) is 2.86. The van der Waals surface area contributed by atoms with Crippen LogP contribution in [-0.2, 0) is 0 Å². The topological polar surface area (TPSA) is 64.7 Å². The molecule has 0 saturated carbocycles. The van der Waals surface area contributed by atoms with Gasteiger partial charge in [0.15, 0.2) is 11.5 Å². The lowest BCUT2D eigenvalue weighted by molar-refractivity contribution is 0.266. The number of fused-ring (bicyclic) bond motifs is 1. The van der Waals surface area contributed by atoms with E-state index in [2.05, 4.69) is 0 Å². The number of benzene rings is 1. The van der Waals surface area contributed by atoms with E-state index in [-0.39, 0.29) is 6.61 Å². The lowest BCUT2D eigenvalue weighted by Gasteiger charge is -2.18. The Morgan fingerprint density at radius 3 is 2.71 bits per heavy atom. The smallest absolute Gasteiger partial charge is 0.180 e. The predicted molar refractivity (Wildman–Crippen MR) is 65.8 cm³/mol. The van der Waals surface area contributed by atoms with Crippen LogP contribution in [-0.4, -0.2) is 24.9 Å². The summed E-state index contributed by atoms with van der Waals surface area (Å²) in [6.07, 6.45) is 0.825. The number of halogens is 1. The zero-order valence-electron chi connectivity index (χ0n) is 9.70. The van der Waals surface area contributed by atoms with Crippen LogP contribution in [0.25, 0.3) is 0 Å². The van der Waals surface area contributed by atoms with Crippen molar-refractivity contribution in [3.8, 4) is 11.5 Å². The third kappa shape index (κ3) is 2.34. The number of rotatable bonds is 2. The molecule has 17 heavy (non-hydrogen) atoms. The molecule has 1 aromatic rings. The SMILES string of the molecule is Cc1c(C(N)CO)cc(Cl)c2c1OCCCO2. The Labute approximate surface area is 105 Å². The maximum atomic E-state index is 9.12. The molecule has 5 heteroatoms. The molecule has 1 aromatic carbocycles. The Morgan fingerprint density at radius 1 is 1.41 bits per heavy atom. The number of ether oxygens (including phenoxy) is 2. The zero-order chi connectivity index (χ0) is 12.4. The molecule has 0 saturated heterocycles. The van der Waals surface area contributed by atoms with Gasteiger partial charge in [0.2, 0.25) is 0 Å². The summed E-state index contributed by atoms with van der Waals surface area (Å²) in [5.41, 5.74) is 7.51. The lowest BCUT2D eigenvalue weighted by atomic mass is 10.0. The molecule has 1 unspecified atom stereocenters. The van der Waals surface area contributed by atoms with Crippen LogP contribution in [0.1, 0.15) is 23.6 Å².